The van der Waals surface area contributed by atoms with E-state index in [1.54, 1.807) is 0 Å². The van der Waals surface area contributed by atoms with Crippen LogP contribution in [0.2, 0.25) is 0 Å². The molecule has 0 fully saturated rings. The van der Waals surface area contributed by atoms with Gasteiger partial charge in [-0.15, -0.1) is 11.8 Å². The number of thioether (sulfide) groups is 2. The van der Waals surface area contributed by atoms with Crippen molar-refractivity contribution in [2.75, 3.05) is 19.1 Å². The standard InChI is InChI=1S/C8H16O6S2/c1-15-7(13)8(14,16-2)6(12)5(11)4(10)3-9/h4-6,9-12,14H,3H2,1-2H3/t4-,5-,6+,8+/m1/s1. The van der Waals surface area contributed by atoms with Gasteiger partial charge in [0.2, 0.25) is 10.0 Å². The van der Waals surface area contributed by atoms with Gasteiger partial charge in [0.1, 0.15) is 18.3 Å². The van der Waals surface area contributed by atoms with E-state index < -0.39 is 35.0 Å². The van der Waals surface area contributed by atoms with Crippen LogP contribution in [0.4, 0.5) is 0 Å². The van der Waals surface area contributed by atoms with Gasteiger partial charge in [0, 0.05) is 0 Å². The van der Waals surface area contributed by atoms with Crippen LogP contribution in [0.3, 0.4) is 0 Å². The molecule has 0 amide bonds. The third kappa shape index (κ3) is 3.33. The molecule has 0 bridgehead atoms. The van der Waals surface area contributed by atoms with Gasteiger partial charge in [0.05, 0.1) is 6.61 Å². The molecule has 0 aromatic carbocycles. The molecular formula is C8H16O6S2. The van der Waals surface area contributed by atoms with Crippen molar-refractivity contribution in [3.05, 3.63) is 0 Å². The van der Waals surface area contributed by atoms with E-state index in [1.807, 2.05) is 0 Å². The maximum Gasteiger partial charge on any atom is 0.233 e. The van der Waals surface area contributed by atoms with Crippen LogP contribution < -0.4 is 0 Å². The summed E-state index contributed by atoms with van der Waals surface area (Å²) in [6, 6.07) is 0. The first kappa shape index (κ1) is 16.2. The smallest absolute Gasteiger partial charge is 0.233 e. The summed E-state index contributed by atoms with van der Waals surface area (Å²) in [4.78, 5) is 9.19. The van der Waals surface area contributed by atoms with Gasteiger partial charge in [-0.1, -0.05) is 11.8 Å². The topological polar surface area (TPSA) is 118 Å². The van der Waals surface area contributed by atoms with Gasteiger partial charge in [-0.05, 0) is 12.5 Å². The molecule has 5 N–H and O–H groups in total. The zero-order valence-corrected chi connectivity index (χ0v) is 10.5. The first-order valence-corrected chi connectivity index (χ1v) is 6.81. The number of hydrogen-bond donors (Lipinski definition) is 5. The van der Waals surface area contributed by atoms with Crippen molar-refractivity contribution in [1.29, 1.82) is 0 Å². The van der Waals surface area contributed by atoms with E-state index in [-0.39, 0.29) is 0 Å². The third-order valence-corrected chi connectivity index (χ3v) is 3.96. The minimum absolute atomic E-state index is 0.652. The highest BCUT2D eigenvalue weighted by atomic mass is 32.2. The van der Waals surface area contributed by atoms with E-state index in [4.69, 9.17) is 10.2 Å². The second-order valence-corrected chi connectivity index (χ2v) is 4.89. The minimum atomic E-state index is -2.21. The number of carbonyl (C=O) groups excluding carboxylic acids is 1. The molecule has 0 unspecified atom stereocenters. The SMILES string of the molecule is CSC(=O)[C@@](O)(SC)[C@@H](O)[C@H](O)[C@H](O)CO. The first-order chi connectivity index (χ1) is 7.34. The maximum absolute atomic E-state index is 11.4. The summed E-state index contributed by atoms with van der Waals surface area (Å²) in [6.07, 6.45) is -2.51. The molecule has 0 saturated carbocycles. The molecule has 0 aliphatic carbocycles. The zero-order chi connectivity index (χ0) is 12.9. The van der Waals surface area contributed by atoms with Gasteiger partial charge in [-0.2, -0.15) is 0 Å². The second kappa shape index (κ2) is 6.80. The molecule has 0 radical (unpaired) electrons. The molecule has 16 heavy (non-hydrogen) atoms. The van der Waals surface area contributed by atoms with Crippen molar-refractivity contribution in [1.82, 2.24) is 0 Å². The maximum atomic E-state index is 11.4. The number of aliphatic hydroxyl groups excluding tert-OH is 4. The van der Waals surface area contributed by atoms with Crippen molar-refractivity contribution in [3.8, 4) is 0 Å². The van der Waals surface area contributed by atoms with Crippen LogP contribution in [-0.2, 0) is 4.79 Å². The van der Waals surface area contributed by atoms with Crippen molar-refractivity contribution < 1.29 is 30.3 Å². The summed E-state index contributed by atoms with van der Waals surface area (Å²) >= 11 is 1.35. The van der Waals surface area contributed by atoms with E-state index in [1.165, 1.54) is 12.5 Å². The Morgan fingerprint density at radius 2 is 1.81 bits per heavy atom. The van der Waals surface area contributed by atoms with Crippen LogP contribution in [0.5, 0.6) is 0 Å². The molecule has 0 heterocycles. The number of rotatable bonds is 6. The van der Waals surface area contributed by atoms with Crippen LogP contribution in [0, 0.1) is 0 Å². The average Bonchev–Trinajstić information content (AvgIpc) is 2.33. The fourth-order valence-corrected chi connectivity index (χ4v) is 2.48. The molecule has 0 aromatic heterocycles. The largest absolute Gasteiger partial charge is 0.394 e. The number of aliphatic hydroxyl groups is 5. The molecule has 96 valence electrons. The van der Waals surface area contributed by atoms with Gasteiger partial charge in [-0.25, -0.2) is 0 Å². The lowest BCUT2D eigenvalue weighted by Crippen LogP contribution is -2.55. The summed E-state index contributed by atoms with van der Waals surface area (Å²) in [7, 11) is 0. The average molecular weight is 272 g/mol. The van der Waals surface area contributed by atoms with Crippen LogP contribution in [0.1, 0.15) is 0 Å². The Balaban J connectivity index is 4.89. The Bertz CT molecular complexity index is 239. The molecule has 0 aliphatic rings. The Labute approximate surface area is 102 Å². The Kier molecular flexibility index (Phi) is 6.87. The Morgan fingerprint density at radius 3 is 2.12 bits per heavy atom. The molecule has 0 spiro atoms. The molecule has 4 atom stereocenters. The highest BCUT2D eigenvalue weighted by Gasteiger charge is 2.47. The van der Waals surface area contributed by atoms with Crippen molar-refractivity contribution in [2.24, 2.45) is 0 Å². The van der Waals surface area contributed by atoms with Crippen LogP contribution in [0.25, 0.3) is 0 Å². The summed E-state index contributed by atoms with van der Waals surface area (Å²) in [5, 5.41) is 45.8. The molecule has 0 aromatic rings. The van der Waals surface area contributed by atoms with Gasteiger partial charge >= 0.3 is 0 Å². The van der Waals surface area contributed by atoms with Gasteiger partial charge in [0.25, 0.3) is 0 Å². The first-order valence-electron chi connectivity index (χ1n) is 4.36. The monoisotopic (exact) mass is 272 g/mol. The lowest BCUT2D eigenvalue weighted by molar-refractivity contribution is -0.146. The van der Waals surface area contributed by atoms with E-state index in [9.17, 15) is 20.1 Å². The molecule has 8 heteroatoms. The minimum Gasteiger partial charge on any atom is -0.394 e. The molecule has 0 saturated heterocycles. The van der Waals surface area contributed by atoms with Crippen LogP contribution in [-0.4, -0.2) is 73.0 Å². The molecule has 0 rings (SSSR count). The second-order valence-electron chi connectivity index (χ2n) is 3.08. The summed E-state index contributed by atoms with van der Waals surface area (Å²) < 4.78 is 0. The lowest BCUT2D eigenvalue weighted by atomic mass is 10.0. The van der Waals surface area contributed by atoms with E-state index in [0.29, 0.717) is 23.5 Å². The van der Waals surface area contributed by atoms with Crippen LogP contribution in [0.15, 0.2) is 0 Å². The Morgan fingerprint density at radius 1 is 1.31 bits per heavy atom. The molecule has 6 nitrogen and oxygen atoms in total. The lowest BCUT2D eigenvalue weighted by Gasteiger charge is -2.33. The van der Waals surface area contributed by atoms with Gasteiger partial charge in [0.15, 0.2) is 0 Å². The summed E-state index contributed by atoms with van der Waals surface area (Å²) in [6.45, 7) is -0.782. The van der Waals surface area contributed by atoms with Crippen LogP contribution >= 0.6 is 23.5 Å². The third-order valence-electron chi connectivity index (χ3n) is 2.09. The number of carbonyl (C=O) groups is 1. The van der Waals surface area contributed by atoms with Crippen molar-refractivity contribution >= 4 is 28.6 Å². The van der Waals surface area contributed by atoms with Gasteiger partial charge < -0.3 is 25.5 Å². The van der Waals surface area contributed by atoms with Crippen molar-refractivity contribution in [2.45, 2.75) is 23.2 Å². The summed E-state index contributed by atoms with van der Waals surface area (Å²) in [5.41, 5.74) is 0. The molecular weight excluding hydrogens is 256 g/mol. The number of hydrogen-bond acceptors (Lipinski definition) is 8. The quantitative estimate of drug-likeness (QED) is 0.352. The fraction of sp³-hybridized carbons (Fsp3) is 0.875. The van der Waals surface area contributed by atoms with Crippen molar-refractivity contribution in [3.63, 3.8) is 0 Å². The van der Waals surface area contributed by atoms with E-state index in [2.05, 4.69) is 0 Å². The Hall–Kier alpha value is 0.170. The predicted molar refractivity (Wildman–Crippen MR) is 62.1 cm³/mol. The van der Waals surface area contributed by atoms with Gasteiger partial charge in [-0.3, -0.25) is 4.79 Å². The highest BCUT2D eigenvalue weighted by molar-refractivity contribution is 8.15. The highest BCUT2D eigenvalue weighted by Crippen LogP contribution is 2.31. The van der Waals surface area contributed by atoms with E-state index in [0.717, 1.165) is 0 Å². The normalized spacial score (nSPS) is 20.9. The van der Waals surface area contributed by atoms with E-state index >= 15 is 0 Å². The fourth-order valence-electron chi connectivity index (χ4n) is 1.02. The zero-order valence-electron chi connectivity index (χ0n) is 8.90. The predicted octanol–water partition coefficient (Wildman–Crippen LogP) is -2.00. The molecule has 0 aliphatic heterocycles. The summed E-state index contributed by atoms with van der Waals surface area (Å²) in [5.74, 6) is 0.